The number of guanidine groups is 1. The lowest BCUT2D eigenvalue weighted by molar-refractivity contribution is 0.560. The maximum atomic E-state index is 12.1. The zero-order valence-electron chi connectivity index (χ0n) is 14.4. The molecule has 0 radical (unpaired) electrons. The van der Waals surface area contributed by atoms with Gasteiger partial charge in [0.1, 0.15) is 0 Å². The topological polar surface area (TPSA) is 82.6 Å². The van der Waals surface area contributed by atoms with Crippen LogP contribution in [0.15, 0.2) is 34.2 Å². The van der Waals surface area contributed by atoms with Crippen molar-refractivity contribution in [3.63, 3.8) is 0 Å². The summed E-state index contributed by atoms with van der Waals surface area (Å²) < 4.78 is 26.9. The lowest BCUT2D eigenvalue weighted by Crippen LogP contribution is -2.38. The minimum absolute atomic E-state index is 0. The number of nitrogens with zero attached hydrogens (tertiary/aromatic N) is 1. The first-order valence-corrected chi connectivity index (χ1v) is 9.45. The van der Waals surface area contributed by atoms with E-state index in [1.807, 2.05) is 26.0 Å². The van der Waals surface area contributed by atoms with Crippen LogP contribution in [0.25, 0.3) is 0 Å². The molecule has 1 saturated carbocycles. The second-order valence-electron chi connectivity index (χ2n) is 6.23. The third-order valence-electron chi connectivity index (χ3n) is 3.52. The lowest BCUT2D eigenvalue weighted by Gasteiger charge is -2.12. The zero-order chi connectivity index (χ0) is 16.9. The van der Waals surface area contributed by atoms with Gasteiger partial charge in [0.15, 0.2) is 5.96 Å². The summed E-state index contributed by atoms with van der Waals surface area (Å²) in [6.45, 7) is 4.99. The van der Waals surface area contributed by atoms with Crippen LogP contribution in [0, 0.1) is 5.92 Å². The summed E-state index contributed by atoms with van der Waals surface area (Å²) in [6, 6.07) is 7.46. The minimum atomic E-state index is -3.42. The Morgan fingerprint density at radius 2 is 1.88 bits per heavy atom. The Balaban J connectivity index is 0.00000288. The van der Waals surface area contributed by atoms with E-state index in [2.05, 4.69) is 20.3 Å². The van der Waals surface area contributed by atoms with Crippen molar-refractivity contribution in [2.75, 3.05) is 13.6 Å². The van der Waals surface area contributed by atoms with Gasteiger partial charge in [0.05, 0.1) is 4.90 Å². The Hall–Kier alpha value is -0.870. The van der Waals surface area contributed by atoms with Gasteiger partial charge in [-0.25, -0.2) is 13.1 Å². The normalized spacial score (nSPS) is 15.1. The van der Waals surface area contributed by atoms with Crippen LogP contribution in [-0.4, -0.2) is 34.0 Å². The number of benzene rings is 1. The van der Waals surface area contributed by atoms with Gasteiger partial charge in [-0.05, 0) is 36.5 Å². The van der Waals surface area contributed by atoms with E-state index in [1.165, 1.54) is 12.8 Å². The van der Waals surface area contributed by atoms with Crippen LogP contribution >= 0.6 is 24.0 Å². The molecule has 6 nitrogen and oxygen atoms in total. The highest BCUT2D eigenvalue weighted by atomic mass is 127. The molecule has 1 aromatic carbocycles. The van der Waals surface area contributed by atoms with Crippen molar-refractivity contribution in [3.8, 4) is 0 Å². The molecule has 3 N–H and O–H groups in total. The monoisotopic (exact) mass is 466 g/mol. The first kappa shape index (κ1) is 21.2. The SMILES string of the molecule is CN=C(NCc1ccc(S(=O)(=O)NCC(C)C)cc1)NC1CC1.I. The fourth-order valence-corrected chi connectivity index (χ4v) is 3.16. The molecule has 0 saturated heterocycles. The van der Waals surface area contributed by atoms with Crippen LogP contribution in [0.5, 0.6) is 0 Å². The summed E-state index contributed by atoms with van der Waals surface area (Å²) in [4.78, 5) is 4.46. The second-order valence-corrected chi connectivity index (χ2v) is 8.00. The van der Waals surface area contributed by atoms with Crippen LogP contribution in [0.3, 0.4) is 0 Å². The van der Waals surface area contributed by atoms with E-state index in [9.17, 15) is 8.42 Å². The van der Waals surface area contributed by atoms with Crippen molar-refractivity contribution in [1.29, 1.82) is 0 Å². The third-order valence-corrected chi connectivity index (χ3v) is 4.96. The van der Waals surface area contributed by atoms with Gasteiger partial charge >= 0.3 is 0 Å². The molecule has 0 aromatic heterocycles. The molecule has 0 atom stereocenters. The summed E-state index contributed by atoms with van der Waals surface area (Å²) in [5.41, 5.74) is 1.01. The van der Waals surface area contributed by atoms with Gasteiger partial charge in [-0.2, -0.15) is 0 Å². The standard InChI is InChI=1S/C16H26N4O2S.HI/c1-12(2)10-19-23(21,22)15-8-4-13(5-9-15)11-18-16(17-3)20-14-6-7-14;/h4-5,8-9,12,14,19H,6-7,10-11H2,1-3H3,(H2,17,18,20);1H. The summed E-state index contributed by atoms with van der Waals surface area (Å²) in [5, 5.41) is 6.54. The number of rotatable bonds is 7. The van der Waals surface area contributed by atoms with Gasteiger partial charge in [-0.3, -0.25) is 4.99 Å². The molecular formula is C16H27IN4O2S. The molecule has 0 amide bonds. The summed E-state index contributed by atoms with van der Waals surface area (Å²) in [7, 11) is -1.68. The number of nitrogens with one attached hydrogen (secondary N) is 3. The van der Waals surface area contributed by atoms with Gasteiger partial charge < -0.3 is 10.6 Å². The van der Waals surface area contributed by atoms with Crippen LogP contribution in [-0.2, 0) is 16.6 Å². The van der Waals surface area contributed by atoms with E-state index in [1.54, 1.807) is 19.2 Å². The number of halogens is 1. The fraction of sp³-hybridized carbons (Fsp3) is 0.562. The highest BCUT2D eigenvalue weighted by Crippen LogP contribution is 2.18. The van der Waals surface area contributed by atoms with E-state index in [0.717, 1.165) is 11.5 Å². The summed E-state index contributed by atoms with van der Waals surface area (Å²) in [5.74, 6) is 1.06. The van der Waals surface area contributed by atoms with Gasteiger partial charge in [-0.15, -0.1) is 24.0 Å². The molecule has 0 unspecified atom stereocenters. The molecule has 1 aliphatic rings. The zero-order valence-corrected chi connectivity index (χ0v) is 17.5. The van der Waals surface area contributed by atoms with Crippen molar-refractivity contribution in [2.24, 2.45) is 10.9 Å². The van der Waals surface area contributed by atoms with Crippen LogP contribution in [0.2, 0.25) is 0 Å². The largest absolute Gasteiger partial charge is 0.354 e. The van der Waals surface area contributed by atoms with Crippen molar-refractivity contribution >= 4 is 40.0 Å². The van der Waals surface area contributed by atoms with Gasteiger partial charge in [0.2, 0.25) is 10.0 Å². The van der Waals surface area contributed by atoms with Crippen LogP contribution in [0.1, 0.15) is 32.3 Å². The Morgan fingerprint density at radius 1 is 1.25 bits per heavy atom. The molecule has 136 valence electrons. The average molecular weight is 466 g/mol. The molecule has 1 aromatic rings. The first-order valence-electron chi connectivity index (χ1n) is 7.96. The first-order chi connectivity index (χ1) is 10.9. The van der Waals surface area contributed by atoms with Crippen LogP contribution < -0.4 is 15.4 Å². The molecular weight excluding hydrogens is 439 g/mol. The van der Waals surface area contributed by atoms with Crippen molar-refractivity contribution in [3.05, 3.63) is 29.8 Å². The molecule has 0 spiro atoms. The number of aliphatic imine (C=N–C) groups is 1. The smallest absolute Gasteiger partial charge is 0.240 e. The van der Waals surface area contributed by atoms with Gasteiger partial charge in [0, 0.05) is 26.2 Å². The highest BCUT2D eigenvalue weighted by molar-refractivity contribution is 14.0. The van der Waals surface area contributed by atoms with E-state index in [4.69, 9.17) is 0 Å². The summed E-state index contributed by atoms with van der Waals surface area (Å²) in [6.07, 6.45) is 2.38. The highest BCUT2D eigenvalue weighted by Gasteiger charge is 2.22. The van der Waals surface area contributed by atoms with E-state index in [-0.39, 0.29) is 29.9 Å². The number of hydrogen-bond acceptors (Lipinski definition) is 3. The predicted molar refractivity (Wildman–Crippen MR) is 108 cm³/mol. The quantitative estimate of drug-likeness (QED) is 0.327. The Kier molecular flexibility index (Phi) is 8.44. The fourth-order valence-electron chi connectivity index (χ4n) is 1.95. The molecule has 0 heterocycles. The minimum Gasteiger partial charge on any atom is -0.354 e. The Labute approximate surface area is 162 Å². The third kappa shape index (κ3) is 6.94. The molecule has 24 heavy (non-hydrogen) atoms. The number of hydrogen-bond donors (Lipinski definition) is 3. The molecule has 1 fully saturated rings. The van der Waals surface area contributed by atoms with E-state index in [0.29, 0.717) is 24.0 Å². The molecule has 8 heteroatoms. The Morgan fingerprint density at radius 3 is 2.38 bits per heavy atom. The maximum absolute atomic E-state index is 12.1. The van der Waals surface area contributed by atoms with Gasteiger partial charge in [0.25, 0.3) is 0 Å². The molecule has 2 rings (SSSR count). The molecule has 0 bridgehead atoms. The van der Waals surface area contributed by atoms with Crippen molar-refractivity contribution in [2.45, 2.75) is 44.2 Å². The number of sulfonamides is 1. The summed E-state index contributed by atoms with van der Waals surface area (Å²) >= 11 is 0. The van der Waals surface area contributed by atoms with E-state index >= 15 is 0 Å². The lowest BCUT2D eigenvalue weighted by atomic mass is 10.2. The predicted octanol–water partition coefficient (Wildman–Crippen LogP) is 2.07. The Bertz CT molecular complexity index is 641. The van der Waals surface area contributed by atoms with Crippen LogP contribution in [0.4, 0.5) is 0 Å². The molecule has 1 aliphatic carbocycles. The van der Waals surface area contributed by atoms with Crippen molar-refractivity contribution in [1.82, 2.24) is 15.4 Å². The average Bonchev–Trinajstić information content (AvgIpc) is 3.34. The second kappa shape index (κ2) is 9.57. The maximum Gasteiger partial charge on any atom is 0.240 e. The van der Waals surface area contributed by atoms with Crippen molar-refractivity contribution < 1.29 is 8.42 Å². The van der Waals surface area contributed by atoms with E-state index < -0.39 is 10.0 Å². The van der Waals surface area contributed by atoms with Gasteiger partial charge in [-0.1, -0.05) is 26.0 Å². The molecule has 0 aliphatic heterocycles.